The molecule has 0 bridgehead atoms. The fourth-order valence-corrected chi connectivity index (χ4v) is 8.72. The summed E-state index contributed by atoms with van der Waals surface area (Å²) in [5, 5.41) is 7.84. The van der Waals surface area contributed by atoms with Crippen LogP contribution in [0.25, 0.3) is 20.9 Å². The topological polar surface area (TPSA) is 127 Å². The lowest BCUT2D eigenvalue weighted by Crippen LogP contribution is -2.15. The van der Waals surface area contributed by atoms with Crippen LogP contribution in [0.1, 0.15) is 57.8 Å². The molecule has 6 aromatic rings. The zero-order valence-corrected chi connectivity index (χ0v) is 33.7. The molecule has 7 nitrogen and oxygen atoms in total. The average molecular weight is 781 g/mol. The highest BCUT2D eigenvalue weighted by Gasteiger charge is 2.48. The first kappa shape index (κ1) is 39.5. The third kappa shape index (κ3) is 9.66. The molecule has 274 valence electrons. The molecule has 4 aromatic carbocycles. The number of carbonyl (C=O) groups is 2. The van der Waals surface area contributed by atoms with Gasteiger partial charge in [0.2, 0.25) is 0 Å². The minimum absolute atomic E-state index is 0.158. The second-order valence-corrected chi connectivity index (χ2v) is 17.0. The molecule has 53 heavy (non-hydrogen) atoms. The van der Waals surface area contributed by atoms with Gasteiger partial charge in [0.15, 0.2) is 0 Å². The van der Waals surface area contributed by atoms with Crippen LogP contribution >= 0.6 is 34.4 Å². The molecule has 1 unspecified atom stereocenters. The maximum Gasteiger partial charge on any atom is 0.255 e. The van der Waals surface area contributed by atoms with Crippen LogP contribution in [-0.2, 0) is 15.5 Å². The predicted molar refractivity (Wildman–Crippen MR) is 230 cm³/mol. The Balaban J connectivity index is 0.000000197. The maximum absolute atomic E-state index is 12.7. The molecule has 2 heterocycles. The Hall–Kier alpha value is -4.68. The monoisotopic (exact) mass is 780 g/mol. The Kier molecular flexibility index (Phi) is 13.3. The highest BCUT2D eigenvalue weighted by Crippen LogP contribution is 2.50. The number of thioether (sulfide) groups is 1. The van der Waals surface area contributed by atoms with Crippen molar-refractivity contribution in [1.29, 1.82) is 0 Å². The minimum atomic E-state index is -0.901. The minimum Gasteiger partial charge on any atom is -0.397 e. The highest BCUT2D eigenvalue weighted by molar-refractivity contribution is 7.98. The number of nitrogens with one attached hydrogen (secondary N) is 2. The highest BCUT2D eigenvalue weighted by atomic mass is 32.2. The van der Waals surface area contributed by atoms with Crippen molar-refractivity contribution in [2.24, 2.45) is 0 Å². The number of carbonyl (C=O) groups excluding carboxylic acids is 2. The number of hydrogen-bond donors (Lipinski definition) is 4. The van der Waals surface area contributed by atoms with Crippen molar-refractivity contribution < 1.29 is 13.8 Å². The van der Waals surface area contributed by atoms with Gasteiger partial charge in [-0.2, -0.15) is 0 Å². The van der Waals surface area contributed by atoms with E-state index in [9.17, 15) is 13.8 Å². The van der Waals surface area contributed by atoms with E-state index in [1.54, 1.807) is 58.9 Å². The van der Waals surface area contributed by atoms with Crippen molar-refractivity contribution in [3.8, 4) is 20.9 Å². The molecular formula is C42H44N4O3S4. The Labute approximate surface area is 326 Å². The van der Waals surface area contributed by atoms with Crippen molar-refractivity contribution in [2.45, 2.75) is 43.3 Å². The predicted octanol–water partition coefficient (Wildman–Crippen LogP) is 10.9. The molecule has 0 spiro atoms. The summed E-state index contributed by atoms with van der Waals surface area (Å²) in [5.74, 6) is -0.368. The zero-order chi connectivity index (χ0) is 38.1. The standard InChI is InChI=1S/C21H20N2O2S2.C19H18N2OS2.C2H6/c1-27(25)21(10-11-21)16-7-4-14(5-8-16)20(24)23-18-13-15(6-9-17(18)22)19-3-2-12-26-19;1-12-3-10-18(24-12)14-6-9-16(20)17(11-14)21-19(22)13-4-7-15(23-2)8-5-13;1-2/h2-9,12-13H,10-11,22H2,1H3,(H,23,24);3-11H,20H2,1-2H3,(H,21,22);1-2H3. The SMILES string of the molecule is CC.CS(=O)C1(c2ccc(C(=O)Nc3cc(-c4cccs4)ccc3N)cc2)CC1.CSc1ccc(C(=O)Nc2cc(-c3ccc(C)s3)ccc2N)cc1. The molecule has 1 aliphatic carbocycles. The Morgan fingerprint density at radius 2 is 1.26 bits per heavy atom. The number of anilines is 4. The normalized spacial score (nSPS) is 13.0. The van der Waals surface area contributed by atoms with Crippen LogP contribution in [0.5, 0.6) is 0 Å². The van der Waals surface area contributed by atoms with E-state index in [0.29, 0.717) is 33.9 Å². The molecule has 2 amide bonds. The first-order valence-electron chi connectivity index (χ1n) is 17.2. The lowest BCUT2D eigenvalue weighted by Gasteiger charge is -2.13. The van der Waals surface area contributed by atoms with Gasteiger partial charge in [0.25, 0.3) is 11.8 Å². The van der Waals surface area contributed by atoms with Crippen LogP contribution in [0, 0.1) is 6.92 Å². The van der Waals surface area contributed by atoms with Gasteiger partial charge in [0.1, 0.15) is 0 Å². The number of nitrogen functional groups attached to an aromatic ring is 2. The molecular weight excluding hydrogens is 737 g/mol. The lowest BCUT2D eigenvalue weighted by atomic mass is 10.1. The zero-order valence-electron chi connectivity index (χ0n) is 30.4. The van der Waals surface area contributed by atoms with Crippen LogP contribution in [-0.4, -0.2) is 28.5 Å². The number of thiophene rings is 2. The van der Waals surface area contributed by atoms with Crippen molar-refractivity contribution in [3.05, 3.63) is 136 Å². The van der Waals surface area contributed by atoms with Gasteiger partial charge in [0.05, 0.1) is 27.5 Å². The number of nitrogens with two attached hydrogens (primary N) is 2. The third-order valence-electron chi connectivity index (χ3n) is 8.71. The third-order valence-corrected chi connectivity index (χ3v) is 13.2. The van der Waals surface area contributed by atoms with Crippen molar-refractivity contribution >= 4 is 79.8 Å². The molecule has 1 saturated carbocycles. The summed E-state index contributed by atoms with van der Waals surface area (Å²) in [6.45, 7) is 6.08. The first-order chi connectivity index (χ1) is 25.6. The first-order valence-corrected chi connectivity index (χ1v) is 21.6. The Morgan fingerprint density at radius 3 is 1.70 bits per heavy atom. The van der Waals surface area contributed by atoms with Gasteiger partial charge in [-0.15, -0.1) is 34.4 Å². The van der Waals surface area contributed by atoms with Crippen molar-refractivity contribution in [1.82, 2.24) is 0 Å². The summed E-state index contributed by atoms with van der Waals surface area (Å²) < 4.78 is 11.8. The van der Waals surface area contributed by atoms with Gasteiger partial charge in [-0.25, -0.2) is 0 Å². The van der Waals surface area contributed by atoms with Crippen molar-refractivity contribution in [3.63, 3.8) is 0 Å². The fraction of sp³-hybridized carbons (Fsp3) is 0.190. The number of hydrogen-bond acceptors (Lipinski definition) is 8. The Bertz CT molecular complexity index is 2190. The van der Waals surface area contributed by atoms with E-state index in [1.165, 1.54) is 4.88 Å². The van der Waals surface area contributed by atoms with E-state index in [1.807, 2.05) is 104 Å². The molecule has 2 aromatic heterocycles. The molecule has 1 fully saturated rings. The van der Waals surface area contributed by atoms with Gasteiger partial charge >= 0.3 is 0 Å². The maximum atomic E-state index is 12.7. The summed E-state index contributed by atoms with van der Waals surface area (Å²) in [5.41, 5.74) is 18.7. The molecule has 1 atom stereocenters. The number of amides is 2. The van der Waals surface area contributed by atoms with E-state index in [0.717, 1.165) is 44.2 Å². The van der Waals surface area contributed by atoms with Crippen LogP contribution in [0.2, 0.25) is 0 Å². The summed E-state index contributed by atoms with van der Waals surface area (Å²) >= 11 is 5.01. The molecule has 0 saturated heterocycles. The van der Waals surface area contributed by atoms with Crippen molar-refractivity contribution in [2.75, 3.05) is 34.6 Å². The number of aryl methyl sites for hydroxylation is 1. The van der Waals surface area contributed by atoms with E-state index in [2.05, 4.69) is 29.7 Å². The van der Waals surface area contributed by atoms with Gasteiger partial charge in [-0.3, -0.25) is 13.8 Å². The number of rotatable bonds is 9. The summed E-state index contributed by atoms with van der Waals surface area (Å²) in [4.78, 5) is 29.8. The lowest BCUT2D eigenvalue weighted by molar-refractivity contribution is 0.101. The molecule has 11 heteroatoms. The fourth-order valence-electron chi connectivity index (χ4n) is 5.58. The van der Waals surface area contributed by atoms with Gasteiger partial charge in [-0.1, -0.05) is 44.2 Å². The Morgan fingerprint density at radius 1 is 0.736 bits per heavy atom. The molecule has 0 aliphatic heterocycles. The van der Waals surface area contributed by atoms with Crippen LogP contribution in [0.15, 0.2) is 119 Å². The van der Waals surface area contributed by atoms with E-state index >= 15 is 0 Å². The van der Waals surface area contributed by atoms with E-state index < -0.39 is 10.8 Å². The summed E-state index contributed by atoms with van der Waals surface area (Å²) in [7, 11) is -0.901. The molecule has 0 radical (unpaired) electrons. The van der Waals surface area contributed by atoms with E-state index in [-0.39, 0.29) is 16.6 Å². The molecule has 1 aliphatic rings. The smallest absolute Gasteiger partial charge is 0.255 e. The summed E-state index contributed by atoms with van der Waals surface area (Å²) in [6, 6.07) is 34.5. The number of benzene rings is 4. The largest absolute Gasteiger partial charge is 0.397 e. The summed E-state index contributed by atoms with van der Waals surface area (Å²) in [6.07, 6.45) is 5.63. The van der Waals surface area contributed by atoms with Gasteiger partial charge in [0, 0.05) is 47.7 Å². The second-order valence-electron chi connectivity index (χ2n) is 12.2. The van der Waals surface area contributed by atoms with Gasteiger partial charge in [-0.05, 0) is 127 Å². The molecule has 6 N–H and O–H groups in total. The van der Waals surface area contributed by atoms with Crippen LogP contribution in [0.3, 0.4) is 0 Å². The second kappa shape index (κ2) is 17.9. The van der Waals surface area contributed by atoms with E-state index in [4.69, 9.17) is 11.5 Å². The quantitative estimate of drug-likeness (QED) is 0.0854. The van der Waals surface area contributed by atoms with Gasteiger partial charge < -0.3 is 22.1 Å². The van der Waals surface area contributed by atoms with Crippen LogP contribution in [0.4, 0.5) is 22.7 Å². The molecule has 7 rings (SSSR count). The average Bonchev–Trinajstić information content (AvgIpc) is 3.58. The van der Waals surface area contributed by atoms with Crippen LogP contribution < -0.4 is 22.1 Å².